The second-order valence-electron chi connectivity index (χ2n) is 6.45. The van der Waals surface area contributed by atoms with Crippen molar-refractivity contribution in [3.05, 3.63) is 29.8 Å². The number of nitrogens with zero attached hydrogens (tertiary/aromatic N) is 4. The van der Waals surface area contributed by atoms with Crippen LogP contribution in [0.25, 0.3) is 11.4 Å². The molecule has 0 atom stereocenters. The van der Waals surface area contributed by atoms with Crippen molar-refractivity contribution in [2.75, 3.05) is 14.1 Å². The first-order valence-corrected chi connectivity index (χ1v) is 7.91. The summed E-state index contributed by atoms with van der Waals surface area (Å²) in [4.78, 5) is 13.3. The molecule has 0 saturated heterocycles. The van der Waals surface area contributed by atoms with Gasteiger partial charge < -0.3 is 9.47 Å². The molecule has 0 saturated carbocycles. The minimum Gasteiger partial charge on any atom is -0.339 e. The van der Waals surface area contributed by atoms with Crippen LogP contribution in [0.4, 0.5) is 4.79 Å². The van der Waals surface area contributed by atoms with Gasteiger partial charge in [0.05, 0.1) is 0 Å². The summed E-state index contributed by atoms with van der Waals surface area (Å²) in [6.45, 7) is 6.56. The van der Waals surface area contributed by atoms with Crippen LogP contribution in [-0.4, -0.2) is 39.0 Å². The number of benzene rings is 1. The van der Waals surface area contributed by atoms with Gasteiger partial charge in [-0.15, -0.1) is 10.2 Å². The maximum Gasteiger partial charge on any atom is 0.288 e. The van der Waals surface area contributed by atoms with Crippen molar-refractivity contribution in [2.45, 2.75) is 31.3 Å². The molecule has 5 nitrogen and oxygen atoms in total. The van der Waals surface area contributed by atoms with E-state index in [4.69, 9.17) is 0 Å². The van der Waals surface area contributed by atoms with Crippen LogP contribution >= 0.6 is 11.8 Å². The topological polar surface area (TPSA) is 51.0 Å². The van der Waals surface area contributed by atoms with Crippen LogP contribution in [-0.2, 0) is 12.5 Å². The molecule has 0 radical (unpaired) electrons. The lowest BCUT2D eigenvalue weighted by Gasteiger charge is -2.19. The van der Waals surface area contributed by atoms with Gasteiger partial charge in [0.1, 0.15) is 0 Å². The second-order valence-corrected chi connectivity index (χ2v) is 7.37. The number of carbonyl (C=O) groups is 1. The van der Waals surface area contributed by atoms with E-state index >= 15 is 0 Å². The highest BCUT2D eigenvalue weighted by Crippen LogP contribution is 2.27. The minimum absolute atomic E-state index is 0.0647. The van der Waals surface area contributed by atoms with Crippen LogP contribution in [0.5, 0.6) is 0 Å². The monoisotopic (exact) mass is 318 g/mol. The van der Waals surface area contributed by atoms with Crippen LogP contribution < -0.4 is 0 Å². The summed E-state index contributed by atoms with van der Waals surface area (Å²) in [5.41, 5.74) is 2.39. The van der Waals surface area contributed by atoms with Crippen molar-refractivity contribution in [1.82, 2.24) is 19.7 Å². The smallest absolute Gasteiger partial charge is 0.288 e. The number of aromatic nitrogens is 3. The van der Waals surface area contributed by atoms with Gasteiger partial charge in [-0.05, 0) is 11.0 Å². The molecule has 0 bridgehead atoms. The summed E-state index contributed by atoms with van der Waals surface area (Å²) in [6.07, 6.45) is 0. The van der Waals surface area contributed by atoms with Gasteiger partial charge in [-0.1, -0.05) is 45.0 Å². The fraction of sp³-hybridized carbons (Fsp3) is 0.438. The summed E-state index contributed by atoms with van der Waals surface area (Å²) in [5, 5.41) is 8.85. The van der Waals surface area contributed by atoms with E-state index in [0.717, 1.165) is 23.1 Å². The maximum atomic E-state index is 11.8. The van der Waals surface area contributed by atoms with E-state index < -0.39 is 0 Å². The Morgan fingerprint density at radius 3 is 2.23 bits per heavy atom. The third kappa shape index (κ3) is 3.50. The zero-order valence-corrected chi connectivity index (χ0v) is 14.7. The summed E-state index contributed by atoms with van der Waals surface area (Å²) in [6, 6.07) is 8.32. The lowest BCUT2D eigenvalue weighted by atomic mass is 9.87. The molecular weight excluding hydrogens is 296 g/mol. The van der Waals surface area contributed by atoms with E-state index in [0.29, 0.717) is 5.16 Å². The van der Waals surface area contributed by atoms with Gasteiger partial charge in [0.15, 0.2) is 5.82 Å². The number of rotatable bonds is 2. The van der Waals surface area contributed by atoms with Crippen molar-refractivity contribution >= 4 is 17.0 Å². The molecule has 0 N–H and O–H groups in total. The van der Waals surface area contributed by atoms with Gasteiger partial charge in [0.2, 0.25) is 5.16 Å². The highest BCUT2D eigenvalue weighted by atomic mass is 32.2. The zero-order valence-electron chi connectivity index (χ0n) is 13.9. The summed E-state index contributed by atoms with van der Waals surface area (Å²) < 4.78 is 1.85. The van der Waals surface area contributed by atoms with E-state index in [2.05, 4.69) is 43.1 Å². The zero-order chi connectivity index (χ0) is 16.5. The fourth-order valence-corrected chi connectivity index (χ4v) is 2.59. The van der Waals surface area contributed by atoms with Crippen molar-refractivity contribution in [3.63, 3.8) is 0 Å². The molecule has 1 heterocycles. The Morgan fingerprint density at radius 2 is 1.73 bits per heavy atom. The number of hydrogen-bond donors (Lipinski definition) is 0. The van der Waals surface area contributed by atoms with Crippen molar-refractivity contribution < 1.29 is 4.79 Å². The molecule has 2 rings (SSSR count). The number of hydrogen-bond acceptors (Lipinski definition) is 4. The quantitative estimate of drug-likeness (QED) is 0.795. The predicted octanol–water partition coefficient (Wildman–Crippen LogP) is 3.55. The van der Waals surface area contributed by atoms with Crippen LogP contribution in [0.2, 0.25) is 0 Å². The van der Waals surface area contributed by atoms with Crippen LogP contribution in [0, 0.1) is 0 Å². The summed E-state index contributed by atoms with van der Waals surface area (Å²) >= 11 is 1.08. The van der Waals surface area contributed by atoms with E-state index in [1.165, 1.54) is 10.5 Å². The van der Waals surface area contributed by atoms with Crippen LogP contribution in [0.3, 0.4) is 0 Å². The van der Waals surface area contributed by atoms with Gasteiger partial charge in [0, 0.05) is 38.5 Å². The Labute approximate surface area is 135 Å². The lowest BCUT2D eigenvalue weighted by molar-refractivity contribution is 0.241. The third-order valence-electron chi connectivity index (χ3n) is 3.39. The molecule has 6 heteroatoms. The molecule has 0 spiro atoms. The van der Waals surface area contributed by atoms with Crippen molar-refractivity contribution in [2.24, 2.45) is 7.05 Å². The van der Waals surface area contributed by atoms with Crippen molar-refractivity contribution in [3.8, 4) is 11.4 Å². The largest absolute Gasteiger partial charge is 0.339 e. The SMILES string of the molecule is CN(C)C(=O)Sc1nnc(-c2ccc(C(C)(C)C)cc2)n1C. The average Bonchev–Trinajstić information content (AvgIpc) is 2.79. The summed E-state index contributed by atoms with van der Waals surface area (Å²) in [7, 11) is 5.31. The van der Waals surface area contributed by atoms with Gasteiger partial charge in [0.25, 0.3) is 5.24 Å². The van der Waals surface area contributed by atoms with E-state index in [1.54, 1.807) is 14.1 Å². The van der Waals surface area contributed by atoms with Gasteiger partial charge in [-0.2, -0.15) is 0 Å². The van der Waals surface area contributed by atoms with Crippen LogP contribution in [0.15, 0.2) is 29.4 Å². The molecule has 118 valence electrons. The Kier molecular flexibility index (Phi) is 4.60. The number of carbonyl (C=O) groups excluding carboxylic acids is 1. The molecule has 0 fully saturated rings. The third-order valence-corrected chi connectivity index (χ3v) is 4.47. The van der Waals surface area contributed by atoms with E-state index in [9.17, 15) is 4.79 Å². The lowest BCUT2D eigenvalue weighted by Crippen LogP contribution is -2.16. The standard InChI is InChI=1S/C16H22N4OS/c1-16(2,3)12-9-7-11(8-10-12)13-17-18-14(20(13)6)22-15(21)19(4)5/h7-10H,1-6H3. The molecule has 1 aromatic carbocycles. The second kappa shape index (κ2) is 6.12. The number of amides is 1. The Morgan fingerprint density at radius 1 is 1.14 bits per heavy atom. The molecule has 0 aliphatic carbocycles. The molecule has 1 aromatic heterocycles. The minimum atomic E-state index is -0.0647. The normalized spacial score (nSPS) is 11.5. The van der Waals surface area contributed by atoms with Crippen molar-refractivity contribution in [1.29, 1.82) is 0 Å². The van der Waals surface area contributed by atoms with Crippen LogP contribution in [0.1, 0.15) is 26.3 Å². The fourth-order valence-electron chi connectivity index (χ4n) is 1.94. The molecular formula is C16H22N4OS. The predicted molar refractivity (Wildman–Crippen MR) is 90.1 cm³/mol. The first-order valence-electron chi connectivity index (χ1n) is 7.09. The number of thioether (sulfide) groups is 1. The average molecular weight is 318 g/mol. The van der Waals surface area contributed by atoms with Gasteiger partial charge in [-0.3, -0.25) is 4.79 Å². The van der Waals surface area contributed by atoms with Gasteiger partial charge >= 0.3 is 0 Å². The highest BCUT2D eigenvalue weighted by Gasteiger charge is 2.17. The Balaban J connectivity index is 2.27. The Bertz CT molecular complexity index is 668. The molecule has 0 unspecified atom stereocenters. The first-order chi connectivity index (χ1) is 10.2. The maximum absolute atomic E-state index is 11.8. The molecule has 1 amide bonds. The highest BCUT2D eigenvalue weighted by molar-refractivity contribution is 8.13. The first kappa shape index (κ1) is 16.5. The molecule has 22 heavy (non-hydrogen) atoms. The summed E-state index contributed by atoms with van der Waals surface area (Å²) in [5.74, 6) is 0.759. The Hall–Kier alpha value is -1.82. The van der Waals surface area contributed by atoms with Gasteiger partial charge in [-0.25, -0.2) is 0 Å². The molecule has 0 aliphatic heterocycles. The van der Waals surface area contributed by atoms with E-state index in [-0.39, 0.29) is 10.7 Å². The molecule has 2 aromatic rings. The molecule has 0 aliphatic rings. The van der Waals surface area contributed by atoms with E-state index in [1.807, 2.05) is 23.7 Å².